The maximum Gasteiger partial charge on any atom is 0.264 e. The molecular weight excluding hydrogens is 557 g/mol. The number of hydrogen-bond acceptors (Lipinski definition) is 4. The molecule has 7 nitrogen and oxygen atoms in total. The number of nitrogens with zero attached hydrogens (tertiary/aromatic N) is 2. The van der Waals surface area contributed by atoms with Crippen molar-refractivity contribution in [2.45, 2.75) is 51.1 Å². The summed E-state index contributed by atoms with van der Waals surface area (Å²) in [5.74, 6) is -0.832. The lowest BCUT2D eigenvalue weighted by molar-refractivity contribution is -0.140. The van der Waals surface area contributed by atoms with Gasteiger partial charge in [-0.15, -0.1) is 0 Å². The highest BCUT2D eigenvalue weighted by molar-refractivity contribution is 7.92. The van der Waals surface area contributed by atoms with Crippen molar-refractivity contribution in [3.05, 3.63) is 94.0 Å². The van der Waals surface area contributed by atoms with E-state index in [1.807, 2.05) is 45.0 Å². The average molecular weight is 591 g/mol. The number of benzene rings is 3. The number of halogens is 2. The first kappa shape index (κ1) is 30.5. The van der Waals surface area contributed by atoms with Crippen molar-refractivity contribution in [1.82, 2.24) is 10.2 Å². The fraction of sp³-hybridized carbons (Fsp3) is 0.310. The van der Waals surface area contributed by atoms with Crippen LogP contribution in [0.3, 0.4) is 0 Å². The van der Waals surface area contributed by atoms with Crippen molar-refractivity contribution in [1.29, 1.82) is 0 Å². The normalized spacial score (nSPS) is 12.0. The second-order valence-electron chi connectivity index (χ2n) is 9.14. The highest BCUT2D eigenvalue weighted by Crippen LogP contribution is 2.33. The number of carbonyl (C=O) groups excluding carboxylic acids is 2. The van der Waals surface area contributed by atoms with Crippen molar-refractivity contribution < 1.29 is 18.0 Å². The molecule has 0 fully saturated rings. The van der Waals surface area contributed by atoms with E-state index < -0.39 is 28.5 Å². The van der Waals surface area contributed by atoms with Crippen molar-refractivity contribution >= 4 is 50.7 Å². The van der Waals surface area contributed by atoms with Gasteiger partial charge >= 0.3 is 0 Å². The van der Waals surface area contributed by atoms with E-state index in [1.165, 1.54) is 35.2 Å². The molecule has 0 aromatic heterocycles. The number of anilines is 1. The zero-order valence-corrected chi connectivity index (χ0v) is 24.6. The topological polar surface area (TPSA) is 86.8 Å². The molecule has 0 aliphatic rings. The predicted octanol–water partition coefficient (Wildman–Crippen LogP) is 5.83. The summed E-state index contributed by atoms with van der Waals surface area (Å²) < 4.78 is 28.6. The van der Waals surface area contributed by atoms with E-state index in [1.54, 1.807) is 18.2 Å². The van der Waals surface area contributed by atoms with Crippen LogP contribution in [-0.2, 0) is 26.2 Å². The van der Waals surface area contributed by atoms with Crippen molar-refractivity contribution in [3.63, 3.8) is 0 Å². The summed E-state index contributed by atoms with van der Waals surface area (Å²) in [5, 5.41) is 3.27. The standard InChI is InChI=1S/C29H33Cl2N3O4S/c1-4-17-32-29(36)26(5-2)33(19-22-13-11-21(3)12-14-22)28(35)20-34(27-16-15-23(30)18-25(27)31)39(37,38)24-9-7-6-8-10-24/h6-16,18,26H,4-5,17,19-20H2,1-3H3,(H,32,36)/t26-/m1/s1. The Kier molecular flexibility index (Phi) is 10.8. The second kappa shape index (κ2) is 13.8. The second-order valence-corrected chi connectivity index (χ2v) is 11.8. The molecule has 0 heterocycles. The molecule has 3 rings (SSSR count). The Hall–Kier alpha value is -3.07. The zero-order valence-electron chi connectivity index (χ0n) is 22.2. The molecule has 1 atom stereocenters. The Bertz CT molecular complexity index is 1380. The van der Waals surface area contributed by atoms with Crippen molar-refractivity contribution in [2.75, 3.05) is 17.4 Å². The molecule has 0 saturated heterocycles. The smallest absolute Gasteiger partial charge is 0.264 e. The van der Waals surface area contributed by atoms with Crippen molar-refractivity contribution in [3.8, 4) is 0 Å². The lowest BCUT2D eigenvalue weighted by Gasteiger charge is -2.33. The molecule has 39 heavy (non-hydrogen) atoms. The summed E-state index contributed by atoms with van der Waals surface area (Å²) >= 11 is 12.5. The monoisotopic (exact) mass is 589 g/mol. The minimum Gasteiger partial charge on any atom is -0.354 e. The number of carbonyl (C=O) groups is 2. The van der Waals surface area contributed by atoms with Crippen LogP contribution in [0.5, 0.6) is 0 Å². The number of nitrogens with one attached hydrogen (secondary N) is 1. The van der Waals surface area contributed by atoms with Crippen LogP contribution in [0, 0.1) is 6.92 Å². The molecule has 0 aliphatic heterocycles. The number of hydrogen-bond donors (Lipinski definition) is 1. The van der Waals surface area contributed by atoms with Crippen molar-refractivity contribution in [2.24, 2.45) is 0 Å². The minimum atomic E-state index is -4.21. The van der Waals surface area contributed by atoms with Gasteiger partial charge < -0.3 is 10.2 Å². The van der Waals surface area contributed by atoms with E-state index in [-0.39, 0.29) is 28.1 Å². The van der Waals surface area contributed by atoms with Crippen LogP contribution in [0.2, 0.25) is 10.0 Å². The largest absolute Gasteiger partial charge is 0.354 e. The maximum absolute atomic E-state index is 14.0. The van der Waals surface area contributed by atoms with Crippen LogP contribution >= 0.6 is 23.2 Å². The molecule has 0 saturated carbocycles. The van der Waals surface area contributed by atoms with Gasteiger partial charge in [-0.25, -0.2) is 8.42 Å². The third-order valence-electron chi connectivity index (χ3n) is 6.20. The first-order chi connectivity index (χ1) is 18.6. The maximum atomic E-state index is 14.0. The third kappa shape index (κ3) is 7.75. The van der Waals surface area contributed by atoms with Crippen LogP contribution in [0.25, 0.3) is 0 Å². The summed E-state index contributed by atoms with van der Waals surface area (Å²) in [7, 11) is -4.21. The molecule has 1 N–H and O–H groups in total. The van der Waals surface area contributed by atoms with E-state index in [4.69, 9.17) is 23.2 Å². The summed E-state index contributed by atoms with van der Waals surface area (Å²) in [6.45, 7) is 5.75. The third-order valence-corrected chi connectivity index (χ3v) is 8.51. The zero-order chi connectivity index (χ0) is 28.6. The first-order valence-electron chi connectivity index (χ1n) is 12.7. The van der Waals surface area contributed by atoms with Crippen LogP contribution in [0.15, 0.2) is 77.7 Å². The van der Waals surface area contributed by atoms with Gasteiger partial charge in [-0.1, -0.05) is 85.1 Å². The van der Waals surface area contributed by atoms with Gasteiger partial charge in [0.05, 0.1) is 15.6 Å². The van der Waals surface area contributed by atoms with Gasteiger partial charge in [-0.2, -0.15) is 0 Å². The molecule has 0 bridgehead atoms. The van der Waals surface area contributed by atoms with Crippen LogP contribution in [0.4, 0.5) is 5.69 Å². The van der Waals surface area contributed by atoms with Gasteiger partial charge in [-0.3, -0.25) is 13.9 Å². The van der Waals surface area contributed by atoms with Crippen LogP contribution < -0.4 is 9.62 Å². The molecule has 0 aliphatic carbocycles. The van der Waals surface area contributed by atoms with Gasteiger partial charge in [0.2, 0.25) is 11.8 Å². The first-order valence-corrected chi connectivity index (χ1v) is 14.9. The van der Waals surface area contributed by atoms with E-state index in [0.717, 1.165) is 21.9 Å². The molecule has 2 amide bonds. The molecule has 208 valence electrons. The Labute approximate surface area is 240 Å². The lowest BCUT2D eigenvalue weighted by Crippen LogP contribution is -2.52. The summed E-state index contributed by atoms with van der Waals surface area (Å²) in [6.07, 6.45) is 1.09. The number of aryl methyl sites for hydroxylation is 1. The summed E-state index contributed by atoms with van der Waals surface area (Å²) in [4.78, 5) is 28.6. The quantitative estimate of drug-likeness (QED) is 0.288. The number of rotatable bonds is 12. The van der Waals surface area contributed by atoms with E-state index >= 15 is 0 Å². The Morgan fingerprint density at radius 1 is 0.949 bits per heavy atom. The van der Waals surface area contributed by atoms with E-state index in [9.17, 15) is 18.0 Å². The Morgan fingerprint density at radius 2 is 1.62 bits per heavy atom. The molecule has 0 unspecified atom stereocenters. The average Bonchev–Trinajstić information content (AvgIpc) is 2.92. The van der Waals surface area contributed by atoms with E-state index in [0.29, 0.717) is 18.0 Å². The molecular formula is C29H33Cl2N3O4S. The SMILES string of the molecule is CCCNC(=O)[C@@H](CC)N(Cc1ccc(C)cc1)C(=O)CN(c1ccc(Cl)cc1Cl)S(=O)(=O)c1ccccc1. The number of sulfonamides is 1. The molecule has 0 radical (unpaired) electrons. The van der Waals surface area contributed by atoms with E-state index in [2.05, 4.69) is 5.32 Å². The fourth-order valence-electron chi connectivity index (χ4n) is 4.09. The van der Waals surface area contributed by atoms with Gasteiger partial charge in [0.25, 0.3) is 10.0 Å². The Morgan fingerprint density at radius 3 is 2.21 bits per heavy atom. The van der Waals surface area contributed by atoms with Crippen LogP contribution in [0.1, 0.15) is 37.8 Å². The summed E-state index contributed by atoms with van der Waals surface area (Å²) in [6, 6.07) is 19.0. The van der Waals surface area contributed by atoms with Gasteiger partial charge in [0, 0.05) is 18.1 Å². The van der Waals surface area contributed by atoms with Gasteiger partial charge in [-0.05, 0) is 55.7 Å². The lowest BCUT2D eigenvalue weighted by atomic mass is 10.1. The highest BCUT2D eigenvalue weighted by Gasteiger charge is 2.34. The fourth-order valence-corrected chi connectivity index (χ4v) is 6.11. The minimum absolute atomic E-state index is 0.00151. The molecule has 0 spiro atoms. The highest BCUT2D eigenvalue weighted by atomic mass is 35.5. The predicted molar refractivity (Wildman–Crippen MR) is 157 cm³/mol. The molecule has 3 aromatic carbocycles. The van der Waals surface area contributed by atoms with Gasteiger partial charge in [0.1, 0.15) is 12.6 Å². The van der Waals surface area contributed by atoms with Crippen LogP contribution in [-0.4, -0.2) is 44.3 Å². The molecule has 10 heteroatoms. The summed E-state index contributed by atoms with van der Waals surface area (Å²) in [5.41, 5.74) is 1.98. The number of amides is 2. The Balaban J connectivity index is 2.07. The molecule has 3 aromatic rings. The van der Waals surface area contributed by atoms with Gasteiger partial charge in [0.15, 0.2) is 0 Å².